The maximum atomic E-state index is 11.2. The van der Waals surface area contributed by atoms with Crippen LogP contribution < -0.4 is 16.6 Å². The maximum absolute atomic E-state index is 11.2. The van der Waals surface area contributed by atoms with Crippen LogP contribution in [0.4, 0.5) is 5.69 Å². The molecule has 5 nitrogen and oxygen atoms in total. The van der Waals surface area contributed by atoms with Gasteiger partial charge in [-0.1, -0.05) is 0 Å². The first-order valence-corrected chi connectivity index (χ1v) is 4.30. The quantitative estimate of drug-likeness (QED) is 0.686. The Hall–Kier alpha value is -1.78. The highest BCUT2D eigenvalue weighted by Crippen LogP contribution is 1.96. The smallest absolute Gasteiger partial charge is 0.250 e. The van der Waals surface area contributed by atoms with Crippen LogP contribution in [0.25, 0.3) is 0 Å². The summed E-state index contributed by atoms with van der Waals surface area (Å²) >= 11 is 0. The number of aromatic nitrogens is 1. The number of aryl methyl sites for hydroxylation is 1. The maximum Gasteiger partial charge on any atom is 0.250 e. The van der Waals surface area contributed by atoms with Crippen molar-refractivity contribution in [2.75, 3.05) is 12.8 Å². The van der Waals surface area contributed by atoms with E-state index in [1.807, 2.05) is 0 Å². The van der Waals surface area contributed by atoms with Crippen molar-refractivity contribution < 1.29 is 4.79 Å². The number of carbonyl (C=O) groups is 1. The van der Waals surface area contributed by atoms with E-state index in [0.717, 1.165) is 0 Å². The molecule has 0 aliphatic heterocycles. The summed E-state index contributed by atoms with van der Waals surface area (Å²) in [6.07, 6.45) is 1.81. The Morgan fingerprint density at radius 1 is 1.57 bits per heavy atom. The van der Waals surface area contributed by atoms with Crippen LogP contribution in [0.2, 0.25) is 0 Å². The Kier molecular flexibility index (Phi) is 3.28. The minimum Gasteiger partial charge on any atom is -0.398 e. The SMILES string of the molecule is CNC(=O)CCn1cc(N)ccc1=O. The Labute approximate surface area is 81.5 Å². The van der Waals surface area contributed by atoms with E-state index in [2.05, 4.69) is 5.32 Å². The number of nitrogens with two attached hydrogens (primary N) is 1. The summed E-state index contributed by atoms with van der Waals surface area (Å²) in [4.78, 5) is 22.2. The number of nitrogens with one attached hydrogen (secondary N) is 1. The number of nitrogen functional groups attached to an aromatic ring is 1. The van der Waals surface area contributed by atoms with Gasteiger partial charge in [0.1, 0.15) is 0 Å². The zero-order chi connectivity index (χ0) is 10.6. The average Bonchev–Trinajstić information content (AvgIpc) is 2.19. The van der Waals surface area contributed by atoms with E-state index in [4.69, 9.17) is 5.73 Å². The number of nitrogens with zero attached hydrogens (tertiary/aromatic N) is 1. The molecule has 76 valence electrons. The van der Waals surface area contributed by atoms with Gasteiger partial charge in [-0.05, 0) is 6.07 Å². The highest BCUT2D eigenvalue weighted by Gasteiger charge is 2.00. The van der Waals surface area contributed by atoms with E-state index < -0.39 is 0 Å². The molecule has 0 bridgehead atoms. The summed E-state index contributed by atoms with van der Waals surface area (Å²) in [6, 6.07) is 2.93. The molecule has 1 heterocycles. The number of hydrogen-bond donors (Lipinski definition) is 2. The molecule has 1 aromatic rings. The first-order chi connectivity index (χ1) is 6.63. The van der Waals surface area contributed by atoms with Gasteiger partial charge in [0.15, 0.2) is 0 Å². The zero-order valence-electron chi connectivity index (χ0n) is 7.99. The molecule has 3 N–H and O–H groups in total. The summed E-state index contributed by atoms with van der Waals surface area (Å²) in [5.41, 5.74) is 5.87. The molecule has 0 aliphatic carbocycles. The van der Waals surface area contributed by atoms with Crippen molar-refractivity contribution in [3.8, 4) is 0 Å². The Morgan fingerprint density at radius 3 is 2.93 bits per heavy atom. The lowest BCUT2D eigenvalue weighted by Gasteiger charge is -2.05. The molecule has 0 radical (unpaired) electrons. The largest absolute Gasteiger partial charge is 0.398 e. The van der Waals surface area contributed by atoms with Gasteiger partial charge in [-0.2, -0.15) is 0 Å². The second kappa shape index (κ2) is 4.45. The van der Waals surface area contributed by atoms with Gasteiger partial charge in [0.05, 0.1) is 0 Å². The van der Waals surface area contributed by atoms with Gasteiger partial charge >= 0.3 is 0 Å². The van der Waals surface area contributed by atoms with Crippen LogP contribution in [0.5, 0.6) is 0 Å². The Morgan fingerprint density at radius 2 is 2.29 bits per heavy atom. The van der Waals surface area contributed by atoms with E-state index in [0.29, 0.717) is 12.2 Å². The molecule has 0 saturated heterocycles. The molecule has 1 rings (SSSR count). The summed E-state index contributed by atoms with van der Waals surface area (Å²) in [5.74, 6) is -0.0978. The number of amides is 1. The number of hydrogen-bond acceptors (Lipinski definition) is 3. The van der Waals surface area contributed by atoms with Gasteiger partial charge in [0.2, 0.25) is 5.91 Å². The minimum atomic E-state index is -0.150. The van der Waals surface area contributed by atoms with Crippen molar-refractivity contribution in [3.05, 3.63) is 28.7 Å². The second-order valence-electron chi connectivity index (χ2n) is 2.92. The molecule has 0 aliphatic rings. The fraction of sp³-hybridized carbons (Fsp3) is 0.333. The Balaban J connectivity index is 2.71. The lowest BCUT2D eigenvalue weighted by Crippen LogP contribution is -2.24. The summed E-state index contributed by atoms with van der Waals surface area (Å²) in [5, 5.41) is 2.48. The highest BCUT2D eigenvalue weighted by atomic mass is 16.1. The molecule has 0 aromatic carbocycles. The van der Waals surface area contributed by atoms with Crippen molar-refractivity contribution in [1.82, 2.24) is 9.88 Å². The van der Waals surface area contributed by atoms with Crippen LogP contribution in [0.1, 0.15) is 6.42 Å². The van der Waals surface area contributed by atoms with E-state index in [1.165, 1.54) is 16.8 Å². The first-order valence-electron chi connectivity index (χ1n) is 4.30. The molecule has 1 amide bonds. The van der Waals surface area contributed by atoms with Crippen molar-refractivity contribution in [3.63, 3.8) is 0 Å². The predicted octanol–water partition coefficient (Wildman–Crippen LogP) is -0.433. The molecule has 0 saturated carbocycles. The lowest BCUT2D eigenvalue weighted by molar-refractivity contribution is -0.120. The molecule has 1 aromatic heterocycles. The van der Waals surface area contributed by atoms with Crippen LogP contribution in [0.3, 0.4) is 0 Å². The molecule has 0 fully saturated rings. The molecular formula is C9H13N3O2. The fourth-order valence-electron chi connectivity index (χ4n) is 1.07. The molecule has 0 atom stereocenters. The van der Waals surface area contributed by atoms with E-state index in [-0.39, 0.29) is 17.9 Å². The van der Waals surface area contributed by atoms with Gasteiger partial charge in [-0.15, -0.1) is 0 Å². The normalized spacial score (nSPS) is 9.79. The number of pyridine rings is 1. The van der Waals surface area contributed by atoms with Crippen LogP contribution in [-0.2, 0) is 11.3 Å². The van der Waals surface area contributed by atoms with Crippen molar-refractivity contribution in [2.24, 2.45) is 0 Å². The van der Waals surface area contributed by atoms with Gasteiger partial charge in [-0.25, -0.2) is 0 Å². The van der Waals surface area contributed by atoms with Gasteiger partial charge in [0, 0.05) is 38.0 Å². The monoisotopic (exact) mass is 195 g/mol. The minimum absolute atomic E-state index is 0.0978. The van der Waals surface area contributed by atoms with Crippen molar-refractivity contribution in [2.45, 2.75) is 13.0 Å². The first kappa shape index (κ1) is 10.3. The van der Waals surface area contributed by atoms with Crippen LogP contribution in [0, 0.1) is 0 Å². The predicted molar refractivity (Wildman–Crippen MR) is 53.8 cm³/mol. The summed E-state index contributed by atoms with van der Waals surface area (Å²) in [7, 11) is 1.56. The van der Waals surface area contributed by atoms with E-state index >= 15 is 0 Å². The Bertz CT molecular complexity index is 384. The molecule has 14 heavy (non-hydrogen) atoms. The van der Waals surface area contributed by atoms with Crippen LogP contribution in [0.15, 0.2) is 23.1 Å². The number of anilines is 1. The van der Waals surface area contributed by atoms with E-state index in [1.54, 1.807) is 13.1 Å². The third-order valence-corrected chi connectivity index (χ3v) is 1.86. The zero-order valence-corrected chi connectivity index (χ0v) is 7.99. The third-order valence-electron chi connectivity index (χ3n) is 1.86. The van der Waals surface area contributed by atoms with Crippen molar-refractivity contribution >= 4 is 11.6 Å². The van der Waals surface area contributed by atoms with E-state index in [9.17, 15) is 9.59 Å². The molecule has 5 heteroatoms. The number of rotatable bonds is 3. The van der Waals surface area contributed by atoms with Gasteiger partial charge in [-0.3, -0.25) is 9.59 Å². The summed E-state index contributed by atoms with van der Waals surface area (Å²) < 4.78 is 1.42. The average molecular weight is 195 g/mol. The molecule has 0 spiro atoms. The fourth-order valence-corrected chi connectivity index (χ4v) is 1.07. The number of carbonyl (C=O) groups excluding carboxylic acids is 1. The van der Waals surface area contributed by atoms with Crippen LogP contribution >= 0.6 is 0 Å². The standard InChI is InChI=1S/C9H13N3O2/c1-11-8(13)4-5-12-6-7(10)2-3-9(12)14/h2-3,6H,4-5,10H2,1H3,(H,11,13). The summed E-state index contributed by atoms with van der Waals surface area (Å²) in [6.45, 7) is 0.351. The highest BCUT2D eigenvalue weighted by molar-refractivity contribution is 5.75. The van der Waals surface area contributed by atoms with Crippen molar-refractivity contribution in [1.29, 1.82) is 0 Å². The molecule has 0 unspecified atom stereocenters. The molecular weight excluding hydrogens is 182 g/mol. The second-order valence-corrected chi connectivity index (χ2v) is 2.92. The van der Waals surface area contributed by atoms with Gasteiger partial charge < -0.3 is 15.6 Å². The van der Waals surface area contributed by atoms with Crippen LogP contribution in [-0.4, -0.2) is 17.5 Å². The lowest BCUT2D eigenvalue weighted by atomic mass is 10.3. The third kappa shape index (κ3) is 2.62. The van der Waals surface area contributed by atoms with Gasteiger partial charge in [0.25, 0.3) is 5.56 Å². The topological polar surface area (TPSA) is 77.1 Å².